The lowest BCUT2D eigenvalue weighted by atomic mass is 10.1. The number of hydrogen-bond acceptors (Lipinski definition) is 6. The van der Waals surface area contributed by atoms with Crippen LogP contribution < -0.4 is 4.90 Å². The molecule has 2 atom stereocenters. The third kappa shape index (κ3) is 2.82. The van der Waals surface area contributed by atoms with Gasteiger partial charge in [-0.05, 0) is 30.2 Å². The molecule has 4 rings (SSSR count). The number of carbonyl (C=O) groups excluding carboxylic acids is 1. The van der Waals surface area contributed by atoms with Crippen molar-refractivity contribution in [3.8, 4) is 0 Å². The Labute approximate surface area is 140 Å². The Balaban J connectivity index is 1.53. The van der Waals surface area contributed by atoms with Crippen LogP contribution in [0.2, 0.25) is 0 Å². The molecule has 0 bridgehead atoms. The minimum absolute atomic E-state index is 0.00515. The summed E-state index contributed by atoms with van der Waals surface area (Å²) in [6.45, 7) is 4.06. The van der Waals surface area contributed by atoms with Crippen molar-refractivity contribution in [2.24, 2.45) is 0 Å². The SMILES string of the molecule is Cc1cnc(N2C[C@@H]3[C@@H](C2)OCC(=O)N3Cc2ccncc2)nc1. The van der Waals surface area contributed by atoms with Gasteiger partial charge in [-0.1, -0.05) is 0 Å². The fraction of sp³-hybridized carbons (Fsp3) is 0.412. The zero-order valence-corrected chi connectivity index (χ0v) is 13.5. The highest BCUT2D eigenvalue weighted by molar-refractivity contribution is 5.79. The molecule has 0 aliphatic carbocycles. The fourth-order valence-electron chi connectivity index (χ4n) is 3.27. The van der Waals surface area contributed by atoms with Gasteiger partial charge in [0.05, 0.1) is 12.1 Å². The van der Waals surface area contributed by atoms with Gasteiger partial charge in [0.2, 0.25) is 11.9 Å². The van der Waals surface area contributed by atoms with Crippen LogP contribution in [0.25, 0.3) is 0 Å². The molecule has 0 N–H and O–H groups in total. The number of hydrogen-bond donors (Lipinski definition) is 0. The number of aryl methyl sites for hydroxylation is 1. The molecule has 2 aromatic heterocycles. The van der Waals surface area contributed by atoms with Crippen molar-refractivity contribution >= 4 is 11.9 Å². The number of nitrogens with zero attached hydrogens (tertiary/aromatic N) is 5. The molecule has 0 radical (unpaired) electrons. The Hall–Kier alpha value is -2.54. The van der Waals surface area contributed by atoms with Gasteiger partial charge in [0.15, 0.2) is 0 Å². The number of aromatic nitrogens is 3. The summed E-state index contributed by atoms with van der Waals surface area (Å²) in [5, 5.41) is 0. The molecule has 2 aromatic rings. The Bertz CT molecular complexity index is 722. The van der Waals surface area contributed by atoms with Crippen molar-refractivity contribution in [2.45, 2.75) is 25.6 Å². The van der Waals surface area contributed by atoms with Crippen LogP contribution in [0.4, 0.5) is 5.95 Å². The molecule has 24 heavy (non-hydrogen) atoms. The van der Waals surface area contributed by atoms with Crippen molar-refractivity contribution in [3.63, 3.8) is 0 Å². The van der Waals surface area contributed by atoms with E-state index in [1.807, 2.05) is 36.4 Å². The molecule has 7 nitrogen and oxygen atoms in total. The summed E-state index contributed by atoms with van der Waals surface area (Å²) < 4.78 is 5.76. The van der Waals surface area contributed by atoms with Gasteiger partial charge in [0, 0.05) is 44.4 Å². The second-order valence-electron chi connectivity index (χ2n) is 6.26. The maximum atomic E-state index is 12.4. The molecule has 0 unspecified atom stereocenters. The summed E-state index contributed by atoms with van der Waals surface area (Å²) in [6, 6.07) is 3.89. The third-order valence-corrected chi connectivity index (χ3v) is 4.53. The first kappa shape index (κ1) is 15.0. The normalized spacial score (nSPS) is 23.5. The van der Waals surface area contributed by atoms with E-state index in [2.05, 4.69) is 19.9 Å². The van der Waals surface area contributed by atoms with E-state index in [4.69, 9.17) is 4.74 Å². The lowest BCUT2D eigenvalue weighted by Gasteiger charge is -2.36. The van der Waals surface area contributed by atoms with Crippen LogP contribution in [0.15, 0.2) is 36.9 Å². The van der Waals surface area contributed by atoms with E-state index in [0.717, 1.165) is 11.1 Å². The molecular weight excluding hydrogens is 306 g/mol. The number of fused-ring (bicyclic) bond motifs is 1. The Kier molecular flexibility index (Phi) is 3.86. The maximum absolute atomic E-state index is 12.4. The molecule has 7 heteroatoms. The highest BCUT2D eigenvalue weighted by Crippen LogP contribution is 2.27. The molecule has 2 fully saturated rings. The van der Waals surface area contributed by atoms with Gasteiger partial charge >= 0.3 is 0 Å². The number of pyridine rings is 1. The molecule has 0 spiro atoms. The Morgan fingerprint density at radius 3 is 2.71 bits per heavy atom. The summed E-state index contributed by atoms with van der Waals surface area (Å²) in [6.07, 6.45) is 7.11. The van der Waals surface area contributed by atoms with Crippen LogP contribution in [0.3, 0.4) is 0 Å². The van der Waals surface area contributed by atoms with Gasteiger partial charge in [0.25, 0.3) is 0 Å². The molecule has 2 saturated heterocycles. The second-order valence-corrected chi connectivity index (χ2v) is 6.26. The van der Waals surface area contributed by atoms with Gasteiger partial charge in [-0.3, -0.25) is 9.78 Å². The number of anilines is 1. The van der Waals surface area contributed by atoms with Gasteiger partial charge in [0.1, 0.15) is 6.61 Å². The molecule has 0 saturated carbocycles. The predicted molar refractivity (Wildman–Crippen MR) is 87.3 cm³/mol. The number of carbonyl (C=O) groups is 1. The van der Waals surface area contributed by atoms with E-state index in [1.165, 1.54) is 0 Å². The first-order chi connectivity index (χ1) is 11.7. The fourth-order valence-corrected chi connectivity index (χ4v) is 3.27. The first-order valence-corrected chi connectivity index (χ1v) is 8.04. The zero-order valence-electron chi connectivity index (χ0n) is 13.5. The van der Waals surface area contributed by atoms with Crippen LogP contribution in [-0.2, 0) is 16.1 Å². The molecular formula is C17H19N5O2. The van der Waals surface area contributed by atoms with Crippen LogP contribution >= 0.6 is 0 Å². The largest absolute Gasteiger partial charge is 0.364 e. The third-order valence-electron chi connectivity index (χ3n) is 4.53. The monoisotopic (exact) mass is 325 g/mol. The molecule has 4 heterocycles. The van der Waals surface area contributed by atoms with E-state index in [9.17, 15) is 4.79 Å². The zero-order chi connectivity index (χ0) is 16.5. The van der Waals surface area contributed by atoms with Crippen molar-refractivity contribution in [1.82, 2.24) is 19.9 Å². The maximum Gasteiger partial charge on any atom is 0.249 e. The standard InChI is InChI=1S/C17H19N5O2/c1-12-6-19-17(20-7-12)21-9-14-15(10-21)24-11-16(23)22(14)8-13-2-4-18-5-3-13/h2-7,14-15H,8-11H2,1H3/t14-,15-/m1/s1. The Morgan fingerprint density at radius 2 is 1.96 bits per heavy atom. The highest BCUT2D eigenvalue weighted by atomic mass is 16.5. The number of amides is 1. The van der Waals surface area contributed by atoms with E-state index < -0.39 is 0 Å². The van der Waals surface area contributed by atoms with E-state index >= 15 is 0 Å². The number of morpholine rings is 1. The van der Waals surface area contributed by atoms with Gasteiger partial charge < -0.3 is 14.5 Å². The van der Waals surface area contributed by atoms with Crippen molar-refractivity contribution in [2.75, 3.05) is 24.6 Å². The first-order valence-electron chi connectivity index (χ1n) is 8.04. The van der Waals surface area contributed by atoms with Crippen molar-refractivity contribution < 1.29 is 9.53 Å². The van der Waals surface area contributed by atoms with Gasteiger partial charge in [-0.25, -0.2) is 9.97 Å². The minimum Gasteiger partial charge on any atom is -0.364 e. The predicted octanol–water partition coefficient (Wildman–Crippen LogP) is 0.796. The molecule has 124 valence electrons. The molecule has 1 amide bonds. The van der Waals surface area contributed by atoms with E-state index in [-0.39, 0.29) is 24.7 Å². The highest BCUT2D eigenvalue weighted by Gasteiger charge is 2.43. The molecule has 2 aliphatic rings. The van der Waals surface area contributed by atoms with Crippen LogP contribution in [0.1, 0.15) is 11.1 Å². The molecule has 0 aromatic carbocycles. The molecule has 2 aliphatic heterocycles. The van der Waals surface area contributed by atoms with Crippen molar-refractivity contribution in [3.05, 3.63) is 48.0 Å². The topological polar surface area (TPSA) is 71.5 Å². The smallest absolute Gasteiger partial charge is 0.249 e. The summed E-state index contributed by atoms with van der Waals surface area (Å²) in [5.74, 6) is 0.717. The van der Waals surface area contributed by atoms with E-state index in [0.29, 0.717) is 25.6 Å². The summed E-state index contributed by atoms with van der Waals surface area (Å²) in [5.41, 5.74) is 2.10. The lowest BCUT2D eigenvalue weighted by Crippen LogP contribution is -2.53. The van der Waals surface area contributed by atoms with Crippen molar-refractivity contribution in [1.29, 1.82) is 0 Å². The number of rotatable bonds is 3. The van der Waals surface area contributed by atoms with Gasteiger partial charge in [-0.2, -0.15) is 0 Å². The summed E-state index contributed by atoms with van der Waals surface area (Å²) in [7, 11) is 0. The minimum atomic E-state index is -0.00515. The summed E-state index contributed by atoms with van der Waals surface area (Å²) >= 11 is 0. The van der Waals surface area contributed by atoms with Gasteiger partial charge in [-0.15, -0.1) is 0 Å². The van der Waals surface area contributed by atoms with Crippen LogP contribution in [0, 0.1) is 6.92 Å². The average Bonchev–Trinajstić information content (AvgIpc) is 3.03. The Morgan fingerprint density at radius 1 is 1.21 bits per heavy atom. The van der Waals surface area contributed by atoms with E-state index in [1.54, 1.807) is 12.4 Å². The quantitative estimate of drug-likeness (QED) is 0.831. The second kappa shape index (κ2) is 6.16. The average molecular weight is 325 g/mol. The summed E-state index contributed by atoms with van der Waals surface area (Å²) in [4.78, 5) is 29.2. The van der Waals surface area contributed by atoms with Crippen LogP contribution in [0.5, 0.6) is 0 Å². The lowest BCUT2D eigenvalue weighted by molar-refractivity contribution is -0.153. The number of ether oxygens (including phenoxy) is 1. The van der Waals surface area contributed by atoms with Crippen LogP contribution in [-0.4, -0.2) is 57.6 Å².